The lowest BCUT2D eigenvalue weighted by Crippen LogP contribution is -2.07. The Morgan fingerprint density at radius 1 is 1.62 bits per heavy atom. The van der Waals surface area contributed by atoms with Crippen molar-refractivity contribution in [3.05, 3.63) is 38.1 Å². The molecule has 7 heteroatoms. The fourth-order valence-corrected chi connectivity index (χ4v) is 1.80. The normalized spacial score (nSPS) is 9.94. The van der Waals surface area contributed by atoms with Gasteiger partial charge in [0.25, 0.3) is 5.69 Å². The summed E-state index contributed by atoms with van der Waals surface area (Å²) in [7, 11) is 1.16. The van der Waals surface area contributed by atoms with Crippen LogP contribution in [0.15, 0.2) is 16.6 Å². The molecule has 0 aliphatic heterocycles. The third-order valence-electron chi connectivity index (χ3n) is 1.85. The van der Waals surface area contributed by atoms with Crippen molar-refractivity contribution in [3.8, 4) is 0 Å². The number of hydrogen-bond donors (Lipinski definition) is 0. The molecule has 0 N–H and O–H groups in total. The SMILES string of the molecule is COC(=O)Cc1cc(F)cc(Br)c1[N+](=O)[O-]. The van der Waals surface area contributed by atoms with Crippen molar-refractivity contribution in [2.75, 3.05) is 7.11 Å². The van der Waals surface area contributed by atoms with Gasteiger partial charge in [0.05, 0.1) is 22.9 Å². The van der Waals surface area contributed by atoms with Crippen LogP contribution in [0.3, 0.4) is 0 Å². The van der Waals surface area contributed by atoms with Crippen molar-refractivity contribution in [2.24, 2.45) is 0 Å². The maximum absolute atomic E-state index is 13.0. The molecule has 0 bridgehead atoms. The number of nitro benzene ring substituents is 1. The number of nitrogens with zero attached hydrogens (tertiary/aromatic N) is 1. The number of methoxy groups -OCH3 is 1. The Labute approximate surface area is 98.5 Å². The summed E-state index contributed by atoms with van der Waals surface area (Å²) in [5, 5.41) is 10.7. The van der Waals surface area contributed by atoms with Crippen molar-refractivity contribution in [2.45, 2.75) is 6.42 Å². The number of rotatable bonds is 3. The van der Waals surface area contributed by atoms with E-state index < -0.39 is 16.7 Å². The van der Waals surface area contributed by atoms with Gasteiger partial charge >= 0.3 is 5.97 Å². The van der Waals surface area contributed by atoms with Crippen LogP contribution in [0.25, 0.3) is 0 Å². The van der Waals surface area contributed by atoms with Gasteiger partial charge in [-0.2, -0.15) is 0 Å². The molecular weight excluding hydrogens is 285 g/mol. The van der Waals surface area contributed by atoms with Gasteiger partial charge < -0.3 is 4.74 Å². The molecule has 0 aromatic heterocycles. The van der Waals surface area contributed by atoms with Crippen LogP contribution in [0.2, 0.25) is 0 Å². The number of carbonyl (C=O) groups excluding carboxylic acids is 1. The fraction of sp³-hybridized carbons (Fsp3) is 0.222. The predicted molar refractivity (Wildman–Crippen MR) is 56.5 cm³/mol. The zero-order valence-corrected chi connectivity index (χ0v) is 9.78. The third kappa shape index (κ3) is 2.75. The smallest absolute Gasteiger partial charge is 0.310 e. The second-order valence-corrected chi connectivity index (χ2v) is 3.76. The summed E-state index contributed by atoms with van der Waals surface area (Å²) in [4.78, 5) is 21.0. The van der Waals surface area contributed by atoms with Gasteiger partial charge in [-0.1, -0.05) is 0 Å². The average molecular weight is 292 g/mol. The topological polar surface area (TPSA) is 69.4 Å². The molecule has 1 rings (SSSR count). The molecule has 86 valence electrons. The highest BCUT2D eigenvalue weighted by Gasteiger charge is 2.22. The molecule has 0 radical (unpaired) electrons. The Bertz CT molecular complexity index is 449. The number of benzene rings is 1. The summed E-state index contributed by atoms with van der Waals surface area (Å²) < 4.78 is 17.4. The number of esters is 1. The predicted octanol–water partition coefficient (Wildman–Crippen LogP) is 2.21. The first-order valence-electron chi connectivity index (χ1n) is 4.15. The first kappa shape index (κ1) is 12.6. The van der Waals surface area contributed by atoms with Gasteiger partial charge in [0.1, 0.15) is 5.82 Å². The molecular formula is C9H7BrFNO4. The number of halogens is 2. The van der Waals surface area contributed by atoms with Crippen LogP contribution in [0, 0.1) is 15.9 Å². The molecule has 1 aromatic rings. The molecule has 0 fully saturated rings. The summed E-state index contributed by atoms with van der Waals surface area (Å²) in [5.41, 5.74) is -0.351. The molecule has 0 saturated carbocycles. The summed E-state index contributed by atoms with van der Waals surface area (Å²) in [6.45, 7) is 0. The lowest BCUT2D eigenvalue weighted by molar-refractivity contribution is -0.386. The number of carbonyl (C=O) groups is 1. The zero-order chi connectivity index (χ0) is 12.3. The van der Waals surface area contributed by atoms with Gasteiger partial charge in [-0.05, 0) is 28.1 Å². The Balaban J connectivity index is 3.24. The van der Waals surface area contributed by atoms with Crippen LogP contribution in [-0.2, 0) is 16.0 Å². The molecule has 0 unspecified atom stereocenters. The molecule has 0 saturated heterocycles. The van der Waals surface area contributed by atoms with Gasteiger partial charge in [0.2, 0.25) is 0 Å². The molecule has 1 aromatic carbocycles. The summed E-state index contributed by atoms with van der Waals surface area (Å²) >= 11 is 2.88. The van der Waals surface area contributed by atoms with E-state index in [1.165, 1.54) is 0 Å². The fourth-order valence-electron chi connectivity index (χ4n) is 1.19. The van der Waals surface area contributed by atoms with E-state index in [1.54, 1.807) is 0 Å². The minimum absolute atomic E-state index is 0.00333. The monoisotopic (exact) mass is 291 g/mol. The third-order valence-corrected chi connectivity index (χ3v) is 2.46. The Morgan fingerprint density at radius 3 is 2.75 bits per heavy atom. The van der Waals surface area contributed by atoms with Crippen molar-refractivity contribution in [1.82, 2.24) is 0 Å². The van der Waals surface area contributed by atoms with Crippen LogP contribution < -0.4 is 0 Å². The van der Waals surface area contributed by atoms with Crippen LogP contribution in [0.5, 0.6) is 0 Å². The highest BCUT2D eigenvalue weighted by atomic mass is 79.9. The van der Waals surface area contributed by atoms with Gasteiger partial charge in [0.15, 0.2) is 0 Å². The molecule has 16 heavy (non-hydrogen) atoms. The molecule has 0 spiro atoms. The maximum Gasteiger partial charge on any atom is 0.310 e. The Morgan fingerprint density at radius 2 is 2.25 bits per heavy atom. The minimum atomic E-state index is -0.679. The second-order valence-electron chi connectivity index (χ2n) is 2.91. The van der Waals surface area contributed by atoms with Crippen LogP contribution in [0.4, 0.5) is 10.1 Å². The van der Waals surface area contributed by atoms with Crippen LogP contribution >= 0.6 is 15.9 Å². The van der Waals surface area contributed by atoms with E-state index in [-0.39, 0.29) is 22.1 Å². The van der Waals surface area contributed by atoms with Crippen LogP contribution in [0.1, 0.15) is 5.56 Å². The molecule has 0 aliphatic carbocycles. The quantitative estimate of drug-likeness (QED) is 0.486. The van der Waals surface area contributed by atoms with Gasteiger partial charge in [0, 0.05) is 5.56 Å². The lowest BCUT2D eigenvalue weighted by atomic mass is 10.1. The number of ether oxygens (including phenoxy) is 1. The summed E-state index contributed by atoms with van der Waals surface area (Å²) in [5.74, 6) is -1.32. The highest BCUT2D eigenvalue weighted by Crippen LogP contribution is 2.30. The van der Waals surface area contributed by atoms with E-state index >= 15 is 0 Å². The number of nitro groups is 1. The van der Waals surface area contributed by atoms with E-state index in [9.17, 15) is 19.3 Å². The van der Waals surface area contributed by atoms with E-state index in [0.717, 1.165) is 19.2 Å². The summed E-state index contributed by atoms with van der Waals surface area (Å²) in [6.07, 6.45) is -0.344. The Hall–Kier alpha value is -1.50. The van der Waals surface area contributed by atoms with Crippen molar-refractivity contribution >= 4 is 27.6 Å². The first-order valence-corrected chi connectivity index (χ1v) is 4.94. The molecule has 0 aliphatic rings. The van der Waals surface area contributed by atoms with Crippen molar-refractivity contribution in [1.29, 1.82) is 0 Å². The Kier molecular flexibility index (Phi) is 3.94. The highest BCUT2D eigenvalue weighted by molar-refractivity contribution is 9.10. The van der Waals surface area contributed by atoms with Gasteiger partial charge in [-0.15, -0.1) is 0 Å². The van der Waals surface area contributed by atoms with Gasteiger partial charge in [-0.3, -0.25) is 14.9 Å². The maximum atomic E-state index is 13.0. The van der Waals surface area contributed by atoms with E-state index in [1.807, 2.05) is 0 Å². The first-order chi connectivity index (χ1) is 7.45. The second kappa shape index (κ2) is 5.02. The van der Waals surface area contributed by atoms with Crippen molar-refractivity contribution < 1.29 is 18.8 Å². The molecule has 0 atom stereocenters. The van der Waals surface area contributed by atoms with E-state index in [0.29, 0.717) is 0 Å². The number of hydrogen-bond acceptors (Lipinski definition) is 4. The van der Waals surface area contributed by atoms with Crippen LogP contribution in [-0.4, -0.2) is 18.0 Å². The zero-order valence-electron chi connectivity index (χ0n) is 8.20. The molecule has 0 amide bonds. The van der Waals surface area contributed by atoms with E-state index in [4.69, 9.17) is 0 Å². The average Bonchev–Trinajstić information content (AvgIpc) is 2.15. The lowest BCUT2D eigenvalue weighted by Gasteiger charge is -2.03. The standard InChI is InChI=1S/C9H7BrFNO4/c1-16-8(13)3-5-2-6(11)4-7(10)9(5)12(14)15/h2,4H,3H2,1H3. The summed E-state index contributed by atoms with van der Waals surface area (Å²) in [6, 6.07) is 1.92. The largest absolute Gasteiger partial charge is 0.469 e. The van der Waals surface area contributed by atoms with E-state index in [2.05, 4.69) is 20.7 Å². The molecule has 0 heterocycles. The van der Waals surface area contributed by atoms with Gasteiger partial charge in [-0.25, -0.2) is 4.39 Å². The molecule has 5 nitrogen and oxygen atoms in total. The van der Waals surface area contributed by atoms with Crippen molar-refractivity contribution in [3.63, 3.8) is 0 Å². The minimum Gasteiger partial charge on any atom is -0.469 e.